The van der Waals surface area contributed by atoms with Crippen LogP contribution in [0, 0.1) is 5.82 Å². The van der Waals surface area contributed by atoms with Gasteiger partial charge in [-0.3, -0.25) is 4.79 Å². The summed E-state index contributed by atoms with van der Waals surface area (Å²) in [4.78, 5) is 24.3. The number of nitrogens with zero attached hydrogens (tertiary/aromatic N) is 2. The van der Waals surface area contributed by atoms with E-state index in [1.54, 1.807) is 17.0 Å². The van der Waals surface area contributed by atoms with E-state index in [-0.39, 0.29) is 5.69 Å². The van der Waals surface area contributed by atoms with Crippen LogP contribution >= 0.6 is 0 Å². The van der Waals surface area contributed by atoms with Crippen molar-refractivity contribution in [1.82, 2.24) is 9.78 Å². The fourth-order valence-corrected chi connectivity index (χ4v) is 3.62. The predicted molar refractivity (Wildman–Crippen MR) is 134 cm³/mol. The molecular weight excluding hydrogens is 461 g/mol. The Morgan fingerprint density at radius 1 is 1.00 bits per heavy atom. The van der Waals surface area contributed by atoms with Crippen LogP contribution in [0.25, 0.3) is 34.2 Å². The van der Waals surface area contributed by atoms with Crippen LogP contribution in [-0.4, -0.2) is 28.3 Å². The van der Waals surface area contributed by atoms with Crippen molar-refractivity contribution < 1.29 is 23.1 Å². The molecule has 0 radical (unpaired) electrons. The summed E-state index contributed by atoms with van der Waals surface area (Å²) in [6.07, 6.45) is 4.55. The second-order valence-electron chi connectivity index (χ2n) is 7.86. The minimum absolute atomic E-state index is 0.274. The smallest absolute Gasteiger partial charge is 0.331 e. The van der Waals surface area contributed by atoms with Crippen LogP contribution in [0.15, 0.2) is 102 Å². The number of hydrogen-bond acceptors (Lipinski definition) is 5. The number of hydrogen-bond donors (Lipinski definition) is 1. The molecule has 0 aliphatic carbocycles. The molecule has 0 bridgehead atoms. The fraction of sp³-hybridized carbons (Fsp3) is 0.0357. The van der Waals surface area contributed by atoms with Gasteiger partial charge in [0.1, 0.15) is 17.1 Å². The minimum Gasteiger partial charge on any atom is -0.454 e. The number of para-hydroxylation sites is 2. The van der Waals surface area contributed by atoms with Crippen molar-refractivity contribution in [2.45, 2.75) is 0 Å². The molecule has 0 atom stereocenters. The van der Waals surface area contributed by atoms with Crippen molar-refractivity contribution in [2.75, 3.05) is 11.9 Å². The largest absolute Gasteiger partial charge is 0.454 e. The Bertz CT molecular complexity index is 1540. The van der Waals surface area contributed by atoms with Gasteiger partial charge in [-0.25, -0.2) is 13.9 Å². The Hall–Kier alpha value is -4.98. The maximum absolute atomic E-state index is 13.3. The van der Waals surface area contributed by atoms with E-state index in [9.17, 15) is 14.0 Å². The van der Waals surface area contributed by atoms with Crippen LogP contribution in [0.3, 0.4) is 0 Å². The molecule has 0 saturated carbocycles. The molecule has 0 fully saturated rings. The monoisotopic (exact) mass is 481 g/mol. The lowest BCUT2D eigenvalue weighted by molar-refractivity contribution is -0.142. The van der Waals surface area contributed by atoms with Crippen LogP contribution in [-0.2, 0) is 14.3 Å². The van der Waals surface area contributed by atoms with Crippen molar-refractivity contribution in [3.05, 3.63) is 109 Å². The number of benzene rings is 3. The van der Waals surface area contributed by atoms with Gasteiger partial charge in [-0.05, 0) is 48.5 Å². The summed E-state index contributed by atoms with van der Waals surface area (Å²) < 4.78 is 26.0. The van der Waals surface area contributed by atoms with E-state index in [0.29, 0.717) is 17.0 Å². The quantitative estimate of drug-likeness (QED) is 0.241. The van der Waals surface area contributed by atoms with Crippen molar-refractivity contribution >= 4 is 34.6 Å². The molecular formula is C28H20FN3O4. The molecule has 0 spiro atoms. The first-order chi connectivity index (χ1) is 17.5. The fourth-order valence-electron chi connectivity index (χ4n) is 3.62. The summed E-state index contributed by atoms with van der Waals surface area (Å²) in [5.41, 5.74) is 3.00. The summed E-state index contributed by atoms with van der Waals surface area (Å²) in [6, 6.07) is 24.5. The molecule has 0 saturated heterocycles. The van der Waals surface area contributed by atoms with E-state index in [1.807, 2.05) is 60.7 Å². The van der Waals surface area contributed by atoms with E-state index >= 15 is 0 Å². The second-order valence-corrected chi connectivity index (χ2v) is 7.86. The van der Waals surface area contributed by atoms with Crippen molar-refractivity contribution in [2.24, 2.45) is 0 Å². The Balaban J connectivity index is 1.34. The number of amides is 1. The number of halogens is 1. The lowest BCUT2D eigenvalue weighted by atomic mass is 10.2. The van der Waals surface area contributed by atoms with E-state index in [4.69, 9.17) is 9.15 Å². The van der Waals surface area contributed by atoms with Crippen LogP contribution in [0.2, 0.25) is 0 Å². The average Bonchev–Trinajstić information content (AvgIpc) is 3.51. The lowest BCUT2D eigenvalue weighted by Gasteiger charge is -2.05. The van der Waals surface area contributed by atoms with Crippen molar-refractivity contribution in [3.63, 3.8) is 0 Å². The van der Waals surface area contributed by atoms with Gasteiger partial charge in [-0.1, -0.05) is 42.5 Å². The third-order valence-electron chi connectivity index (χ3n) is 5.28. The highest BCUT2D eigenvalue weighted by Crippen LogP contribution is 2.30. The van der Waals surface area contributed by atoms with Gasteiger partial charge in [-0.2, -0.15) is 5.10 Å². The summed E-state index contributed by atoms with van der Waals surface area (Å²) in [7, 11) is 0. The number of fused-ring (bicyclic) bond motifs is 1. The Labute approximate surface area is 205 Å². The lowest BCUT2D eigenvalue weighted by Crippen LogP contribution is -2.20. The third kappa shape index (κ3) is 5.23. The number of furan rings is 1. The third-order valence-corrected chi connectivity index (χ3v) is 5.28. The van der Waals surface area contributed by atoms with Crippen LogP contribution in [0.1, 0.15) is 5.56 Å². The highest BCUT2D eigenvalue weighted by atomic mass is 19.1. The highest BCUT2D eigenvalue weighted by molar-refractivity contribution is 5.95. The molecule has 2 aromatic heterocycles. The van der Waals surface area contributed by atoms with Gasteiger partial charge in [0.2, 0.25) is 0 Å². The predicted octanol–water partition coefficient (Wildman–Crippen LogP) is 5.62. The number of anilines is 1. The van der Waals surface area contributed by atoms with E-state index in [1.165, 1.54) is 30.3 Å². The molecule has 1 amide bonds. The van der Waals surface area contributed by atoms with Gasteiger partial charge in [0.25, 0.3) is 5.91 Å². The first-order valence-electron chi connectivity index (χ1n) is 11.1. The Morgan fingerprint density at radius 3 is 2.61 bits per heavy atom. The zero-order valence-corrected chi connectivity index (χ0v) is 18.9. The number of carbonyl (C=O) groups is 2. The molecule has 3 aromatic carbocycles. The molecule has 8 heteroatoms. The summed E-state index contributed by atoms with van der Waals surface area (Å²) in [5.74, 6) is -1.23. The molecule has 5 rings (SSSR count). The van der Waals surface area contributed by atoms with Gasteiger partial charge < -0.3 is 14.5 Å². The van der Waals surface area contributed by atoms with Crippen LogP contribution < -0.4 is 5.32 Å². The summed E-state index contributed by atoms with van der Waals surface area (Å²) >= 11 is 0. The topological polar surface area (TPSA) is 86.4 Å². The minimum atomic E-state index is -0.715. The normalized spacial score (nSPS) is 11.1. The second kappa shape index (κ2) is 10.1. The SMILES string of the molecule is O=C(COC(=O)C=Cc1cn(-c2ccccc2)nc1-c1cc2ccccc2o1)Nc1cccc(F)c1. The molecule has 178 valence electrons. The standard InChI is InChI=1S/C28H20FN3O4/c29-21-8-6-9-22(16-21)30-26(33)18-35-27(34)14-13-20-17-32(23-10-2-1-3-11-23)31-28(20)25-15-19-7-4-5-12-24(19)36-25/h1-17H,18H2,(H,30,33). The number of rotatable bonds is 7. The molecule has 0 unspecified atom stereocenters. The molecule has 1 N–H and O–H groups in total. The van der Waals surface area contributed by atoms with E-state index in [2.05, 4.69) is 10.4 Å². The first kappa shape index (κ1) is 22.8. The maximum atomic E-state index is 13.3. The molecule has 5 aromatic rings. The van der Waals surface area contributed by atoms with Gasteiger partial charge >= 0.3 is 5.97 Å². The van der Waals surface area contributed by atoms with Gasteiger partial charge in [0.15, 0.2) is 12.4 Å². The molecule has 7 nitrogen and oxygen atoms in total. The Kier molecular flexibility index (Phi) is 6.40. The average molecular weight is 481 g/mol. The van der Waals surface area contributed by atoms with Gasteiger partial charge in [0, 0.05) is 28.9 Å². The highest BCUT2D eigenvalue weighted by Gasteiger charge is 2.15. The van der Waals surface area contributed by atoms with E-state index in [0.717, 1.165) is 16.7 Å². The number of nitrogens with one attached hydrogen (secondary N) is 1. The zero-order chi connectivity index (χ0) is 24.9. The van der Waals surface area contributed by atoms with Gasteiger partial charge in [0.05, 0.1) is 5.69 Å². The van der Waals surface area contributed by atoms with Crippen molar-refractivity contribution in [1.29, 1.82) is 0 Å². The van der Waals surface area contributed by atoms with Gasteiger partial charge in [-0.15, -0.1) is 0 Å². The van der Waals surface area contributed by atoms with Crippen LogP contribution in [0.5, 0.6) is 0 Å². The van der Waals surface area contributed by atoms with E-state index < -0.39 is 24.3 Å². The molecule has 36 heavy (non-hydrogen) atoms. The number of ether oxygens (including phenoxy) is 1. The summed E-state index contributed by atoms with van der Waals surface area (Å²) in [6.45, 7) is -0.514. The molecule has 2 heterocycles. The van der Waals surface area contributed by atoms with Crippen LogP contribution in [0.4, 0.5) is 10.1 Å². The summed E-state index contributed by atoms with van der Waals surface area (Å²) in [5, 5.41) is 8.08. The Morgan fingerprint density at radius 2 is 1.81 bits per heavy atom. The zero-order valence-electron chi connectivity index (χ0n) is 18.9. The van der Waals surface area contributed by atoms with Crippen molar-refractivity contribution in [3.8, 4) is 17.1 Å². The first-order valence-corrected chi connectivity index (χ1v) is 11.1. The number of aromatic nitrogens is 2. The molecule has 0 aliphatic heterocycles. The number of esters is 1. The molecule has 0 aliphatic rings. The maximum Gasteiger partial charge on any atom is 0.331 e. The number of carbonyl (C=O) groups excluding carboxylic acids is 2.